The van der Waals surface area contributed by atoms with E-state index in [2.05, 4.69) is 35.4 Å². The second-order valence-electron chi connectivity index (χ2n) is 4.01. The van der Waals surface area contributed by atoms with Crippen LogP contribution in [0.15, 0.2) is 29.6 Å². The van der Waals surface area contributed by atoms with E-state index in [1.165, 1.54) is 27.8 Å². The molecule has 0 aliphatic carbocycles. The Hall–Kier alpha value is -1.88. The highest BCUT2D eigenvalue weighted by Gasteiger charge is 2.07. The van der Waals surface area contributed by atoms with Crippen molar-refractivity contribution in [2.24, 2.45) is 0 Å². The number of hydrogen-bond donors (Lipinski definition) is 2. The maximum atomic E-state index is 10.7. The van der Waals surface area contributed by atoms with Crippen LogP contribution in [0.1, 0.15) is 21.6 Å². The van der Waals surface area contributed by atoms with Crippen LogP contribution in [0.2, 0.25) is 0 Å². The number of nitrogens with zero attached hydrogens (tertiary/aromatic N) is 1. The molecule has 0 aliphatic heterocycles. The molecule has 0 amide bonds. The number of rotatable bonds is 5. The van der Waals surface area contributed by atoms with E-state index in [1.54, 1.807) is 0 Å². The maximum Gasteiger partial charge on any atom is 0.355 e. The van der Waals surface area contributed by atoms with Crippen LogP contribution < -0.4 is 5.32 Å². The van der Waals surface area contributed by atoms with E-state index in [0.29, 0.717) is 5.13 Å². The van der Waals surface area contributed by atoms with Gasteiger partial charge in [-0.05, 0) is 18.9 Å². The number of benzene rings is 1. The van der Waals surface area contributed by atoms with Gasteiger partial charge in [-0.25, -0.2) is 9.78 Å². The molecule has 0 radical (unpaired) electrons. The Kier molecular flexibility index (Phi) is 3.94. The van der Waals surface area contributed by atoms with Crippen LogP contribution in [0, 0.1) is 6.92 Å². The van der Waals surface area contributed by atoms with E-state index >= 15 is 0 Å². The Morgan fingerprint density at radius 1 is 1.50 bits per heavy atom. The predicted molar refractivity (Wildman–Crippen MR) is 72.4 cm³/mol. The molecule has 0 bridgehead atoms. The number of carbonyl (C=O) groups is 1. The van der Waals surface area contributed by atoms with Crippen LogP contribution in [-0.4, -0.2) is 22.6 Å². The summed E-state index contributed by atoms with van der Waals surface area (Å²) in [6.07, 6.45) is 0.893. The minimum atomic E-state index is -0.988. The van der Waals surface area contributed by atoms with Gasteiger partial charge in [0.05, 0.1) is 0 Å². The van der Waals surface area contributed by atoms with E-state index in [1.807, 2.05) is 6.07 Å². The highest BCUT2D eigenvalue weighted by atomic mass is 32.1. The van der Waals surface area contributed by atoms with E-state index in [4.69, 9.17) is 5.11 Å². The van der Waals surface area contributed by atoms with Crippen molar-refractivity contribution in [3.05, 3.63) is 46.5 Å². The van der Waals surface area contributed by atoms with Crippen molar-refractivity contribution in [3.8, 4) is 0 Å². The lowest BCUT2D eigenvalue weighted by molar-refractivity contribution is 0.0691. The van der Waals surface area contributed by atoms with Crippen molar-refractivity contribution in [2.75, 3.05) is 11.9 Å². The third-order valence-corrected chi connectivity index (χ3v) is 3.30. The second-order valence-corrected chi connectivity index (χ2v) is 4.87. The number of carboxylic acids is 1. The van der Waals surface area contributed by atoms with Crippen molar-refractivity contribution >= 4 is 22.4 Å². The Morgan fingerprint density at radius 3 is 3.00 bits per heavy atom. The van der Waals surface area contributed by atoms with Gasteiger partial charge in [-0.1, -0.05) is 29.8 Å². The summed E-state index contributed by atoms with van der Waals surface area (Å²) in [4.78, 5) is 14.6. The van der Waals surface area contributed by atoms with Crippen LogP contribution in [0.3, 0.4) is 0 Å². The summed E-state index contributed by atoms with van der Waals surface area (Å²) >= 11 is 1.31. The molecule has 0 saturated heterocycles. The van der Waals surface area contributed by atoms with Crippen molar-refractivity contribution in [2.45, 2.75) is 13.3 Å². The van der Waals surface area contributed by atoms with Gasteiger partial charge in [0.2, 0.25) is 0 Å². The van der Waals surface area contributed by atoms with Crippen molar-refractivity contribution in [1.29, 1.82) is 0 Å². The molecule has 1 aromatic heterocycles. The van der Waals surface area contributed by atoms with Gasteiger partial charge in [0.1, 0.15) is 0 Å². The fourth-order valence-corrected chi connectivity index (χ4v) is 2.35. The smallest absolute Gasteiger partial charge is 0.355 e. The number of anilines is 1. The molecule has 18 heavy (non-hydrogen) atoms. The third kappa shape index (κ3) is 3.30. The molecule has 0 fully saturated rings. The van der Waals surface area contributed by atoms with Gasteiger partial charge in [-0.3, -0.25) is 0 Å². The number of thiazole rings is 1. The number of aromatic carboxylic acids is 1. The molecule has 4 nitrogen and oxygen atoms in total. The molecular formula is C13H14N2O2S. The van der Waals surface area contributed by atoms with Gasteiger partial charge in [0.15, 0.2) is 10.8 Å². The minimum absolute atomic E-state index is 0.0954. The average Bonchev–Trinajstić information content (AvgIpc) is 2.78. The number of carboxylic acid groups (broad SMARTS) is 1. The zero-order chi connectivity index (χ0) is 13.0. The summed E-state index contributed by atoms with van der Waals surface area (Å²) in [6, 6.07) is 8.33. The highest BCUT2D eigenvalue weighted by Crippen LogP contribution is 2.15. The quantitative estimate of drug-likeness (QED) is 0.869. The van der Waals surface area contributed by atoms with Gasteiger partial charge in [-0.15, -0.1) is 11.3 Å². The molecule has 5 heteroatoms. The SMILES string of the molecule is Cc1cccc(CCNc2nc(C(=O)O)cs2)c1. The van der Waals surface area contributed by atoms with Gasteiger partial charge < -0.3 is 10.4 Å². The van der Waals surface area contributed by atoms with Crippen LogP contribution in [0.25, 0.3) is 0 Å². The molecule has 0 saturated carbocycles. The summed E-state index contributed by atoms with van der Waals surface area (Å²) in [7, 11) is 0. The standard InChI is InChI=1S/C13H14N2O2S/c1-9-3-2-4-10(7-9)5-6-14-13-15-11(8-18-13)12(16)17/h2-4,7-8H,5-6H2,1H3,(H,14,15)(H,16,17). The molecule has 2 aromatic rings. The van der Waals surface area contributed by atoms with Crippen molar-refractivity contribution in [1.82, 2.24) is 4.98 Å². The molecule has 2 N–H and O–H groups in total. The number of aryl methyl sites for hydroxylation is 1. The largest absolute Gasteiger partial charge is 0.476 e. The van der Waals surface area contributed by atoms with E-state index in [9.17, 15) is 4.79 Å². The fraction of sp³-hybridized carbons (Fsp3) is 0.231. The van der Waals surface area contributed by atoms with Crippen LogP contribution in [-0.2, 0) is 6.42 Å². The molecule has 0 atom stereocenters. The molecule has 2 rings (SSSR count). The summed E-state index contributed by atoms with van der Waals surface area (Å²) in [6.45, 7) is 2.81. The Bertz CT molecular complexity index is 551. The van der Waals surface area contributed by atoms with Gasteiger partial charge in [0.25, 0.3) is 0 Å². The van der Waals surface area contributed by atoms with E-state index < -0.39 is 5.97 Å². The average molecular weight is 262 g/mol. The monoisotopic (exact) mass is 262 g/mol. The molecule has 0 aliphatic rings. The molecule has 0 unspecified atom stereocenters. The number of nitrogens with one attached hydrogen (secondary N) is 1. The summed E-state index contributed by atoms with van der Waals surface area (Å²) in [5, 5.41) is 14.1. The Balaban J connectivity index is 1.86. The third-order valence-electron chi connectivity index (χ3n) is 2.50. The first-order valence-electron chi connectivity index (χ1n) is 5.63. The maximum absolute atomic E-state index is 10.7. The first-order valence-corrected chi connectivity index (χ1v) is 6.51. The molecule has 0 spiro atoms. The van der Waals surface area contributed by atoms with Gasteiger partial charge in [0, 0.05) is 11.9 Å². The number of aromatic nitrogens is 1. The lowest BCUT2D eigenvalue weighted by Crippen LogP contribution is -2.05. The topological polar surface area (TPSA) is 62.2 Å². The van der Waals surface area contributed by atoms with Crippen LogP contribution in [0.4, 0.5) is 5.13 Å². The first kappa shape index (κ1) is 12.6. The molecule has 1 aromatic carbocycles. The van der Waals surface area contributed by atoms with Crippen molar-refractivity contribution in [3.63, 3.8) is 0 Å². The second kappa shape index (κ2) is 5.64. The first-order chi connectivity index (χ1) is 8.65. The van der Waals surface area contributed by atoms with Gasteiger partial charge in [-0.2, -0.15) is 0 Å². The fourth-order valence-electron chi connectivity index (χ4n) is 1.63. The Morgan fingerprint density at radius 2 is 2.33 bits per heavy atom. The molecular weight excluding hydrogens is 248 g/mol. The summed E-state index contributed by atoms with van der Waals surface area (Å²) in [5.74, 6) is -0.988. The lowest BCUT2D eigenvalue weighted by atomic mass is 10.1. The molecule has 1 heterocycles. The van der Waals surface area contributed by atoms with Crippen molar-refractivity contribution < 1.29 is 9.90 Å². The van der Waals surface area contributed by atoms with E-state index in [0.717, 1.165) is 13.0 Å². The van der Waals surface area contributed by atoms with Crippen LogP contribution >= 0.6 is 11.3 Å². The zero-order valence-electron chi connectivity index (χ0n) is 10.0. The van der Waals surface area contributed by atoms with Crippen LogP contribution in [0.5, 0.6) is 0 Å². The number of hydrogen-bond acceptors (Lipinski definition) is 4. The normalized spacial score (nSPS) is 10.3. The zero-order valence-corrected chi connectivity index (χ0v) is 10.8. The minimum Gasteiger partial charge on any atom is -0.476 e. The summed E-state index contributed by atoms with van der Waals surface area (Å²) < 4.78 is 0. The predicted octanol–water partition coefficient (Wildman–Crippen LogP) is 2.80. The summed E-state index contributed by atoms with van der Waals surface area (Å²) in [5.41, 5.74) is 2.60. The van der Waals surface area contributed by atoms with E-state index in [-0.39, 0.29) is 5.69 Å². The highest BCUT2D eigenvalue weighted by molar-refractivity contribution is 7.13. The lowest BCUT2D eigenvalue weighted by Gasteiger charge is -2.03. The Labute approximate surface area is 109 Å². The van der Waals surface area contributed by atoms with Gasteiger partial charge >= 0.3 is 5.97 Å². The molecule has 94 valence electrons.